The first-order chi connectivity index (χ1) is 8.41. The summed E-state index contributed by atoms with van der Waals surface area (Å²) < 4.78 is 27.1. The van der Waals surface area contributed by atoms with E-state index in [1.54, 1.807) is 14.0 Å². The quantitative estimate of drug-likeness (QED) is 0.316. The van der Waals surface area contributed by atoms with Gasteiger partial charge in [-0.3, -0.25) is 4.68 Å². The van der Waals surface area contributed by atoms with E-state index in [0.29, 0.717) is 6.54 Å². The fourth-order valence-corrected chi connectivity index (χ4v) is 2.85. The summed E-state index contributed by atoms with van der Waals surface area (Å²) in [6, 6.07) is 0. The van der Waals surface area contributed by atoms with Crippen molar-refractivity contribution in [2.75, 3.05) is 13.1 Å². The Morgan fingerprint density at radius 3 is 2.78 bits per heavy atom. The summed E-state index contributed by atoms with van der Waals surface area (Å²) >= 11 is 0. The molecule has 0 aromatic carbocycles. The zero-order chi connectivity index (χ0) is 13.8. The van der Waals surface area contributed by atoms with Gasteiger partial charge in [-0.15, -0.1) is 0 Å². The number of hydrogen-bond acceptors (Lipinski definition) is 5. The molecule has 0 radical (unpaired) electrons. The molecule has 0 bridgehead atoms. The first kappa shape index (κ1) is 14.5. The second kappa shape index (κ2) is 5.83. The smallest absolute Gasteiger partial charge is 0.246 e. The summed E-state index contributed by atoms with van der Waals surface area (Å²) in [6.45, 7) is 2.18. The van der Waals surface area contributed by atoms with Crippen LogP contribution >= 0.6 is 0 Å². The van der Waals surface area contributed by atoms with Gasteiger partial charge in [-0.2, -0.15) is 9.40 Å². The summed E-state index contributed by atoms with van der Waals surface area (Å²) in [5.41, 5.74) is 5.32. The van der Waals surface area contributed by atoms with Crippen molar-refractivity contribution in [2.45, 2.75) is 18.2 Å². The maximum atomic E-state index is 12.2. The molecule has 0 atom stereocenters. The second-order valence-corrected chi connectivity index (χ2v) is 5.63. The van der Waals surface area contributed by atoms with Gasteiger partial charge < -0.3 is 10.9 Å². The van der Waals surface area contributed by atoms with Crippen molar-refractivity contribution >= 4 is 15.9 Å². The average Bonchev–Trinajstić information content (AvgIpc) is 2.76. The van der Waals surface area contributed by atoms with E-state index in [2.05, 4.69) is 10.3 Å². The SMILES string of the molecule is CCN(CCC(N)=NO)S(=O)(=O)c1cnn(C)c1. The summed E-state index contributed by atoms with van der Waals surface area (Å²) in [7, 11) is -1.93. The number of nitrogens with zero attached hydrogens (tertiary/aromatic N) is 4. The lowest BCUT2D eigenvalue weighted by Gasteiger charge is -2.18. The van der Waals surface area contributed by atoms with Gasteiger partial charge in [0.05, 0.1) is 6.20 Å². The Morgan fingerprint density at radius 2 is 2.33 bits per heavy atom. The third-order valence-corrected chi connectivity index (χ3v) is 4.34. The highest BCUT2D eigenvalue weighted by Crippen LogP contribution is 2.14. The normalized spacial score (nSPS) is 13.2. The first-order valence-corrected chi connectivity index (χ1v) is 6.81. The molecule has 9 heteroatoms. The number of oxime groups is 1. The zero-order valence-electron chi connectivity index (χ0n) is 10.3. The Morgan fingerprint density at radius 1 is 1.67 bits per heavy atom. The van der Waals surface area contributed by atoms with Crippen LogP contribution in [0.1, 0.15) is 13.3 Å². The lowest BCUT2D eigenvalue weighted by molar-refractivity contribution is 0.315. The molecule has 3 N–H and O–H groups in total. The Hall–Kier alpha value is -1.61. The Balaban J connectivity index is 2.87. The van der Waals surface area contributed by atoms with Gasteiger partial charge in [-0.25, -0.2) is 8.42 Å². The average molecular weight is 275 g/mol. The maximum absolute atomic E-state index is 12.2. The van der Waals surface area contributed by atoms with Crippen LogP contribution < -0.4 is 5.73 Å². The van der Waals surface area contributed by atoms with Crippen molar-refractivity contribution in [3.05, 3.63) is 12.4 Å². The second-order valence-electron chi connectivity index (χ2n) is 3.69. The molecular formula is C9H17N5O3S. The van der Waals surface area contributed by atoms with Gasteiger partial charge in [-0.1, -0.05) is 12.1 Å². The lowest BCUT2D eigenvalue weighted by atomic mass is 10.4. The van der Waals surface area contributed by atoms with Gasteiger partial charge in [0, 0.05) is 32.8 Å². The van der Waals surface area contributed by atoms with E-state index < -0.39 is 10.0 Å². The molecule has 1 rings (SSSR count). The van der Waals surface area contributed by atoms with Gasteiger partial charge in [0.15, 0.2) is 0 Å². The molecular weight excluding hydrogens is 258 g/mol. The van der Waals surface area contributed by atoms with E-state index in [4.69, 9.17) is 10.9 Å². The summed E-state index contributed by atoms with van der Waals surface area (Å²) in [5, 5.41) is 15.1. The van der Waals surface area contributed by atoms with Gasteiger partial charge in [0.25, 0.3) is 0 Å². The topological polar surface area (TPSA) is 114 Å². The minimum Gasteiger partial charge on any atom is -0.409 e. The van der Waals surface area contributed by atoms with Crippen LogP contribution in [0.2, 0.25) is 0 Å². The predicted molar refractivity (Wildman–Crippen MR) is 65.7 cm³/mol. The molecule has 1 heterocycles. The standard InChI is InChI=1S/C9H17N5O3S/c1-3-14(5-4-9(10)12-15)18(16,17)8-6-11-13(2)7-8/h6-7,15H,3-5H2,1-2H3,(H2,10,12). The number of nitrogens with two attached hydrogens (primary N) is 1. The minimum atomic E-state index is -3.58. The van der Waals surface area contributed by atoms with E-state index in [-0.39, 0.29) is 23.7 Å². The van der Waals surface area contributed by atoms with Crippen molar-refractivity contribution in [1.82, 2.24) is 14.1 Å². The van der Waals surface area contributed by atoms with E-state index in [1.807, 2.05) is 0 Å². The molecule has 0 fully saturated rings. The molecule has 8 nitrogen and oxygen atoms in total. The van der Waals surface area contributed by atoms with Crippen LogP contribution in [-0.4, -0.2) is 46.6 Å². The molecule has 0 amide bonds. The van der Waals surface area contributed by atoms with Crippen molar-refractivity contribution in [3.8, 4) is 0 Å². The Bertz CT molecular complexity index is 522. The zero-order valence-corrected chi connectivity index (χ0v) is 11.1. The summed E-state index contributed by atoms with van der Waals surface area (Å²) in [4.78, 5) is 0.131. The van der Waals surface area contributed by atoms with Crippen LogP contribution in [0, 0.1) is 0 Å². The van der Waals surface area contributed by atoms with Crippen LogP contribution in [0.25, 0.3) is 0 Å². The van der Waals surface area contributed by atoms with Crippen molar-refractivity contribution in [2.24, 2.45) is 17.9 Å². The monoisotopic (exact) mass is 275 g/mol. The van der Waals surface area contributed by atoms with Crippen molar-refractivity contribution in [3.63, 3.8) is 0 Å². The molecule has 0 spiro atoms. The molecule has 0 unspecified atom stereocenters. The third kappa shape index (κ3) is 3.20. The Kier molecular flexibility index (Phi) is 4.68. The number of rotatable bonds is 6. The number of aryl methyl sites for hydroxylation is 1. The number of aromatic nitrogens is 2. The van der Waals surface area contributed by atoms with E-state index >= 15 is 0 Å². The van der Waals surface area contributed by atoms with E-state index in [0.717, 1.165) is 0 Å². The van der Waals surface area contributed by atoms with Gasteiger partial charge in [0.2, 0.25) is 10.0 Å². The molecule has 1 aromatic rings. The van der Waals surface area contributed by atoms with E-state index in [9.17, 15) is 8.42 Å². The molecule has 1 aromatic heterocycles. The molecule has 0 saturated heterocycles. The largest absolute Gasteiger partial charge is 0.409 e. The molecule has 0 saturated carbocycles. The van der Waals surface area contributed by atoms with Crippen LogP contribution in [0.3, 0.4) is 0 Å². The highest BCUT2D eigenvalue weighted by atomic mass is 32.2. The number of sulfonamides is 1. The van der Waals surface area contributed by atoms with Gasteiger partial charge in [0.1, 0.15) is 10.7 Å². The molecule has 102 valence electrons. The van der Waals surface area contributed by atoms with E-state index in [1.165, 1.54) is 21.4 Å². The summed E-state index contributed by atoms with van der Waals surface area (Å²) in [5.74, 6) is -0.00478. The third-order valence-electron chi connectivity index (χ3n) is 2.42. The fraction of sp³-hybridized carbons (Fsp3) is 0.556. The first-order valence-electron chi connectivity index (χ1n) is 5.37. The van der Waals surface area contributed by atoms with Crippen molar-refractivity contribution in [1.29, 1.82) is 0 Å². The highest BCUT2D eigenvalue weighted by Gasteiger charge is 2.24. The minimum absolute atomic E-state index is 0.00478. The van der Waals surface area contributed by atoms with Crippen molar-refractivity contribution < 1.29 is 13.6 Å². The summed E-state index contributed by atoms with van der Waals surface area (Å²) in [6.07, 6.45) is 2.90. The van der Waals surface area contributed by atoms with Gasteiger partial charge >= 0.3 is 0 Å². The van der Waals surface area contributed by atoms with Gasteiger partial charge in [-0.05, 0) is 0 Å². The molecule has 0 aliphatic rings. The molecule has 0 aliphatic carbocycles. The maximum Gasteiger partial charge on any atom is 0.246 e. The van der Waals surface area contributed by atoms with Crippen LogP contribution in [0.5, 0.6) is 0 Å². The molecule has 18 heavy (non-hydrogen) atoms. The lowest BCUT2D eigenvalue weighted by Crippen LogP contribution is -2.33. The highest BCUT2D eigenvalue weighted by molar-refractivity contribution is 7.89. The van der Waals surface area contributed by atoms with Crippen LogP contribution in [-0.2, 0) is 17.1 Å². The number of amidine groups is 1. The number of hydrogen-bond donors (Lipinski definition) is 2. The molecule has 0 aliphatic heterocycles. The van der Waals surface area contributed by atoms with Crippen LogP contribution in [0.4, 0.5) is 0 Å². The fourth-order valence-electron chi connectivity index (χ4n) is 1.42. The Labute approximate surface area is 106 Å². The predicted octanol–water partition coefficient (Wildman–Crippen LogP) is -0.433. The van der Waals surface area contributed by atoms with Crippen LogP contribution in [0.15, 0.2) is 22.4 Å².